The molecule has 2 nitrogen and oxygen atoms in total. The fourth-order valence-corrected chi connectivity index (χ4v) is 3.08. The summed E-state index contributed by atoms with van der Waals surface area (Å²) in [6, 6.07) is 13.1. The zero-order chi connectivity index (χ0) is 14.2. The molecular formula is C17H24N2S. The van der Waals surface area contributed by atoms with E-state index in [4.69, 9.17) is 0 Å². The molecule has 0 unspecified atom stereocenters. The predicted octanol–water partition coefficient (Wildman–Crippen LogP) is 3.88. The van der Waals surface area contributed by atoms with Gasteiger partial charge in [-0.1, -0.05) is 37.3 Å². The van der Waals surface area contributed by atoms with Crippen molar-refractivity contribution in [2.45, 2.75) is 33.0 Å². The Hall–Kier alpha value is -1.16. The molecule has 0 atom stereocenters. The summed E-state index contributed by atoms with van der Waals surface area (Å²) in [5.74, 6) is 0. The third-order valence-electron chi connectivity index (χ3n) is 3.31. The largest absolute Gasteiger partial charge is 0.313 e. The van der Waals surface area contributed by atoms with Gasteiger partial charge in [0.2, 0.25) is 0 Å². The first-order valence-electron chi connectivity index (χ1n) is 7.28. The van der Waals surface area contributed by atoms with Crippen molar-refractivity contribution in [1.29, 1.82) is 0 Å². The van der Waals surface area contributed by atoms with E-state index < -0.39 is 0 Å². The van der Waals surface area contributed by atoms with E-state index in [0.29, 0.717) is 0 Å². The van der Waals surface area contributed by atoms with Crippen molar-refractivity contribution >= 4 is 11.3 Å². The fourth-order valence-electron chi connectivity index (χ4n) is 2.30. The Morgan fingerprint density at radius 3 is 2.55 bits per heavy atom. The first-order valence-corrected chi connectivity index (χ1v) is 8.16. The van der Waals surface area contributed by atoms with Gasteiger partial charge in [0.15, 0.2) is 0 Å². The highest BCUT2D eigenvalue weighted by Crippen LogP contribution is 2.15. The summed E-state index contributed by atoms with van der Waals surface area (Å²) in [5, 5.41) is 5.64. The number of hydrogen-bond donors (Lipinski definition) is 1. The molecule has 2 aromatic rings. The molecule has 0 spiro atoms. The van der Waals surface area contributed by atoms with Crippen LogP contribution in [-0.2, 0) is 19.6 Å². The van der Waals surface area contributed by atoms with Gasteiger partial charge in [0, 0.05) is 24.5 Å². The minimum Gasteiger partial charge on any atom is -0.313 e. The number of nitrogens with one attached hydrogen (secondary N) is 1. The summed E-state index contributed by atoms with van der Waals surface area (Å²) in [5.41, 5.74) is 2.84. The number of hydrogen-bond acceptors (Lipinski definition) is 3. The van der Waals surface area contributed by atoms with Gasteiger partial charge in [-0.05, 0) is 42.6 Å². The molecule has 0 amide bonds. The van der Waals surface area contributed by atoms with Crippen LogP contribution in [0.25, 0.3) is 0 Å². The zero-order valence-corrected chi connectivity index (χ0v) is 13.2. The summed E-state index contributed by atoms with van der Waals surface area (Å²) in [6.45, 7) is 6.28. The van der Waals surface area contributed by atoms with E-state index in [-0.39, 0.29) is 0 Å². The fraction of sp³-hybridized carbons (Fsp3) is 0.412. The van der Waals surface area contributed by atoms with Crippen molar-refractivity contribution in [2.24, 2.45) is 0 Å². The van der Waals surface area contributed by atoms with E-state index in [1.165, 1.54) is 22.4 Å². The van der Waals surface area contributed by atoms with Crippen molar-refractivity contribution in [3.8, 4) is 0 Å². The lowest BCUT2D eigenvalue weighted by Crippen LogP contribution is -2.20. The van der Waals surface area contributed by atoms with E-state index in [2.05, 4.69) is 66.0 Å². The Morgan fingerprint density at radius 1 is 1.05 bits per heavy atom. The van der Waals surface area contributed by atoms with Crippen LogP contribution in [0.5, 0.6) is 0 Å². The van der Waals surface area contributed by atoms with E-state index in [1.807, 2.05) is 11.3 Å². The molecule has 1 N–H and O–H groups in total. The average molecular weight is 288 g/mol. The minimum absolute atomic E-state index is 0.969. The van der Waals surface area contributed by atoms with E-state index in [0.717, 1.165) is 26.2 Å². The van der Waals surface area contributed by atoms with Gasteiger partial charge in [0.1, 0.15) is 0 Å². The van der Waals surface area contributed by atoms with Gasteiger partial charge in [-0.2, -0.15) is 0 Å². The molecule has 0 saturated heterocycles. The van der Waals surface area contributed by atoms with Gasteiger partial charge in [-0.15, -0.1) is 11.3 Å². The maximum atomic E-state index is 3.49. The molecule has 20 heavy (non-hydrogen) atoms. The van der Waals surface area contributed by atoms with Crippen molar-refractivity contribution in [1.82, 2.24) is 10.2 Å². The predicted molar refractivity (Wildman–Crippen MR) is 87.9 cm³/mol. The van der Waals surface area contributed by atoms with Crippen LogP contribution in [-0.4, -0.2) is 18.5 Å². The van der Waals surface area contributed by atoms with Crippen LogP contribution >= 0.6 is 11.3 Å². The highest BCUT2D eigenvalue weighted by molar-refractivity contribution is 7.09. The average Bonchev–Trinajstić information content (AvgIpc) is 2.93. The molecular weight excluding hydrogens is 264 g/mol. The molecule has 108 valence electrons. The summed E-state index contributed by atoms with van der Waals surface area (Å²) in [4.78, 5) is 3.80. The van der Waals surface area contributed by atoms with Crippen LogP contribution in [0.4, 0.5) is 0 Å². The maximum absolute atomic E-state index is 3.49. The Bertz CT molecular complexity index is 493. The summed E-state index contributed by atoms with van der Waals surface area (Å²) >= 11 is 1.83. The molecule has 1 heterocycles. The molecule has 0 bridgehead atoms. The molecule has 0 saturated carbocycles. The van der Waals surface area contributed by atoms with E-state index in [9.17, 15) is 0 Å². The first kappa shape index (κ1) is 15.2. The topological polar surface area (TPSA) is 15.3 Å². The second-order valence-corrected chi connectivity index (χ2v) is 6.23. The van der Waals surface area contributed by atoms with Gasteiger partial charge in [0.25, 0.3) is 0 Å². The minimum atomic E-state index is 0.969. The van der Waals surface area contributed by atoms with E-state index >= 15 is 0 Å². The second-order valence-electron chi connectivity index (χ2n) is 5.20. The molecule has 0 fully saturated rings. The highest BCUT2D eigenvalue weighted by atomic mass is 32.1. The number of thiophene rings is 1. The van der Waals surface area contributed by atoms with Crippen LogP contribution in [0.2, 0.25) is 0 Å². The third-order valence-corrected chi connectivity index (χ3v) is 4.17. The highest BCUT2D eigenvalue weighted by Gasteiger charge is 2.06. The Morgan fingerprint density at radius 2 is 1.85 bits per heavy atom. The van der Waals surface area contributed by atoms with Gasteiger partial charge >= 0.3 is 0 Å². The standard InChI is InChI=1S/C17H24N2S/c1-3-10-18-12-15-7-4-5-8-16(15)13-19(2)14-17-9-6-11-20-17/h4-9,11,18H,3,10,12-14H2,1-2H3. The van der Waals surface area contributed by atoms with Gasteiger partial charge in [0.05, 0.1) is 0 Å². The SMILES string of the molecule is CCCNCc1ccccc1CN(C)Cc1cccs1. The van der Waals surface area contributed by atoms with Crippen molar-refractivity contribution in [3.05, 3.63) is 57.8 Å². The summed E-state index contributed by atoms with van der Waals surface area (Å²) in [6.07, 6.45) is 1.18. The normalized spacial score (nSPS) is 11.2. The van der Waals surface area contributed by atoms with Gasteiger partial charge in [-0.3, -0.25) is 4.90 Å². The molecule has 0 aliphatic heterocycles. The second kappa shape index (κ2) is 8.20. The molecule has 0 aliphatic rings. The molecule has 1 aromatic carbocycles. The van der Waals surface area contributed by atoms with Crippen LogP contribution < -0.4 is 5.32 Å². The lowest BCUT2D eigenvalue weighted by molar-refractivity contribution is 0.320. The zero-order valence-electron chi connectivity index (χ0n) is 12.4. The first-order chi connectivity index (χ1) is 9.79. The lowest BCUT2D eigenvalue weighted by atomic mass is 10.1. The number of rotatable bonds is 8. The van der Waals surface area contributed by atoms with Crippen LogP contribution in [0.1, 0.15) is 29.3 Å². The van der Waals surface area contributed by atoms with Gasteiger partial charge < -0.3 is 5.32 Å². The van der Waals surface area contributed by atoms with Crippen molar-refractivity contribution in [3.63, 3.8) is 0 Å². The van der Waals surface area contributed by atoms with Crippen LogP contribution in [0, 0.1) is 0 Å². The van der Waals surface area contributed by atoms with Crippen LogP contribution in [0.3, 0.4) is 0 Å². The number of nitrogens with zero attached hydrogens (tertiary/aromatic N) is 1. The van der Waals surface area contributed by atoms with Crippen molar-refractivity contribution < 1.29 is 0 Å². The Kier molecular flexibility index (Phi) is 6.25. The van der Waals surface area contributed by atoms with Crippen LogP contribution in [0.15, 0.2) is 41.8 Å². The monoisotopic (exact) mass is 288 g/mol. The molecule has 3 heteroatoms. The van der Waals surface area contributed by atoms with E-state index in [1.54, 1.807) is 0 Å². The smallest absolute Gasteiger partial charge is 0.0328 e. The maximum Gasteiger partial charge on any atom is 0.0328 e. The molecule has 2 rings (SSSR count). The molecule has 1 aromatic heterocycles. The summed E-state index contributed by atoms with van der Waals surface area (Å²) < 4.78 is 0. The van der Waals surface area contributed by atoms with Crippen molar-refractivity contribution in [2.75, 3.05) is 13.6 Å². The molecule has 0 radical (unpaired) electrons. The number of benzene rings is 1. The summed E-state index contributed by atoms with van der Waals surface area (Å²) in [7, 11) is 2.19. The third kappa shape index (κ3) is 4.75. The molecule has 0 aliphatic carbocycles. The Labute approximate surface area is 126 Å². The quantitative estimate of drug-likeness (QED) is 0.742. The Balaban J connectivity index is 1.93. The lowest BCUT2D eigenvalue weighted by Gasteiger charge is -2.18. The van der Waals surface area contributed by atoms with Gasteiger partial charge in [-0.25, -0.2) is 0 Å².